The second-order valence-corrected chi connectivity index (χ2v) is 5.00. The number of Topliss-reactive ketones (excluding diaryl/α,β-unsaturated/α-hetero) is 1. The van der Waals surface area contributed by atoms with Gasteiger partial charge in [-0.05, 0) is 17.2 Å². The number of aliphatic hydroxyl groups is 1. The number of benzene rings is 1. The predicted molar refractivity (Wildman–Crippen MR) is 74.4 cm³/mol. The third-order valence-electron chi connectivity index (χ3n) is 2.46. The number of carboxylic acid groups (broad SMARTS) is 1. The quantitative estimate of drug-likeness (QED) is 0.588. The van der Waals surface area contributed by atoms with E-state index in [1.807, 2.05) is 0 Å². The van der Waals surface area contributed by atoms with E-state index in [-0.39, 0.29) is 11.3 Å². The zero-order chi connectivity index (χ0) is 13.7. The first-order valence-corrected chi connectivity index (χ1v) is 7.44. The molecule has 1 aromatic rings. The number of rotatable bonds is 6. The molecule has 0 amide bonds. The lowest BCUT2D eigenvalue weighted by molar-refractivity contribution is -0.147. The van der Waals surface area contributed by atoms with E-state index in [1.165, 1.54) is 6.07 Å². The minimum atomic E-state index is -1.62. The molecule has 1 aromatic carbocycles. The van der Waals surface area contributed by atoms with Gasteiger partial charge in [0.15, 0.2) is 11.9 Å². The van der Waals surface area contributed by atoms with Crippen LogP contribution in [0.2, 0.25) is 0 Å². The first-order valence-electron chi connectivity index (χ1n) is 5.20. The van der Waals surface area contributed by atoms with E-state index in [4.69, 9.17) is 5.11 Å². The van der Waals surface area contributed by atoms with Gasteiger partial charge >= 0.3 is 5.97 Å². The van der Waals surface area contributed by atoms with Crippen LogP contribution >= 0.6 is 31.9 Å². The van der Waals surface area contributed by atoms with Crippen LogP contribution in [0.3, 0.4) is 0 Å². The van der Waals surface area contributed by atoms with Crippen LogP contribution in [-0.2, 0) is 10.1 Å². The third kappa shape index (κ3) is 3.63. The highest BCUT2D eigenvalue weighted by Gasteiger charge is 2.20. The highest BCUT2D eigenvalue weighted by Crippen LogP contribution is 2.23. The maximum absolute atomic E-state index is 11.7. The Morgan fingerprint density at radius 2 is 1.94 bits per heavy atom. The molecule has 4 nitrogen and oxygen atoms in total. The first-order chi connectivity index (χ1) is 8.51. The van der Waals surface area contributed by atoms with Crippen LogP contribution in [0.25, 0.3) is 0 Å². The molecule has 0 aliphatic carbocycles. The monoisotopic (exact) mass is 378 g/mol. The van der Waals surface area contributed by atoms with Crippen LogP contribution in [0.15, 0.2) is 18.2 Å². The molecule has 0 heterocycles. The van der Waals surface area contributed by atoms with Gasteiger partial charge in [-0.3, -0.25) is 4.79 Å². The average molecular weight is 380 g/mol. The fourth-order valence-electron chi connectivity index (χ4n) is 1.51. The fraction of sp³-hybridized carbons (Fsp3) is 0.333. The summed E-state index contributed by atoms with van der Waals surface area (Å²) in [4.78, 5) is 22.5. The van der Waals surface area contributed by atoms with Gasteiger partial charge in [0, 0.05) is 22.6 Å². The Morgan fingerprint density at radius 3 is 2.44 bits per heavy atom. The molecule has 0 spiro atoms. The van der Waals surface area contributed by atoms with Crippen LogP contribution in [0.1, 0.15) is 34.0 Å². The van der Waals surface area contributed by atoms with Crippen LogP contribution in [0.4, 0.5) is 0 Å². The molecule has 18 heavy (non-hydrogen) atoms. The van der Waals surface area contributed by atoms with Crippen LogP contribution in [0, 0.1) is 0 Å². The van der Waals surface area contributed by atoms with Gasteiger partial charge in [-0.1, -0.05) is 44.0 Å². The summed E-state index contributed by atoms with van der Waals surface area (Å²) in [6.45, 7) is 0. The van der Waals surface area contributed by atoms with E-state index in [2.05, 4.69) is 31.9 Å². The van der Waals surface area contributed by atoms with E-state index in [1.54, 1.807) is 12.1 Å². The summed E-state index contributed by atoms with van der Waals surface area (Å²) in [6, 6.07) is 4.73. The zero-order valence-electron chi connectivity index (χ0n) is 9.40. The molecule has 1 atom stereocenters. The Kier molecular flexibility index (Phi) is 5.98. The molecular formula is C12H12Br2O4. The van der Waals surface area contributed by atoms with Gasteiger partial charge in [-0.15, -0.1) is 0 Å². The minimum absolute atomic E-state index is 0.0909. The molecule has 2 N–H and O–H groups in total. The standard InChI is InChI=1S/C12H12Br2O4/c13-4-3-10(15)7-1-2-8(6-14)9(5-7)11(16)12(17)18/h1-2,5,11,16H,3-4,6H2,(H,17,18). The molecule has 0 fully saturated rings. The van der Waals surface area contributed by atoms with Crippen LogP contribution in [-0.4, -0.2) is 27.3 Å². The highest BCUT2D eigenvalue weighted by atomic mass is 79.9. The number of halogens is 2. The van der Waals surface area contributed by atoms with Crippen molar-refractivity contribution < 1.29 is 19.8 Å². The first kappa shape index (κ1) is 15.3. The number of hydrogen-bond acceptors (Lipinski definition) is 3. The molecule has 98 valence electrons. The Labute approximate surface area is 121 Å². The maximum Gasteiger partial charge on any atom is 0.337 e. The van der Waals surface area contributed by atoms with Crippen molar-refractivity contribution in [2.24, 2.45) is 0 Å². The van der Waals surface area contributed by atoms with E-state index >= 15 is 0 Å². The zero-order valence-corrected chi connectivity index (χ0v) is 12.6. The van der Waals surface area contributed by atoms with Crippen molar-refractivity contribution in [3.63, 3.8) is 0 Å². The van der Waals surface area contributed by atoms with Gasteiger partial charge in [0.25, 0.3) is 0 Å². The molecule has 0 saturated heterocycles. The van der Waals surface area contributed by atoms with Gasteiger partial charge in [-0.25, -0.2) is 4.79 Å². The van der Waals surface area contributed by atoms with Gasteiger partial charge in [-0.2, -0.15) is 0 Å². The van der Waals surface area contributed by atoms with Gasteiger partial charge in [0.1, 0.15) is 0 Å². The van der Waals surface area contributed by atoms with Crippen molar-refractivity contribution >= 4 is 43.6 Å². The molecule has 0 aliphatic rings. The van der Waals surface area contributed by atoms with Crippen molar-refractivity contribution in [1.82, 2.24) is 0 Å². The second-order valence-electron chi connectivity index (χ2n) is 3.65. The summed E-state index contributed by atoms with van der Waals surface area (Å²) in [5, 5.41) is 19.4. The Bertz CT molecular complexity index is 459. The van der Waals surface area contributed by atoms with E-state index in [0.717, 1.165) is 0 Å². The molecule has 0 saturated carbocycles. The van der Waals surface area contributed by atoms with E-state index < -0.39 is 12.1 Å². The summed E-state index contributed by atoms with van der Waals surface area (Å²) in [5.41, 5.74) is 1.31. The Morgan fingerprint density at radius 1 is 1.28 bits per heavy atom. The van der Waals surface area contributed by atoms with Crippen molar-refractivity contribution in [1.29, 1.82) is 0 Å². The Hall–Kier alpha value is -0.720. The van der Waals surface area contributed by atoms with Crippen molar-refractivity contribution in [2.75, 3.05) is 5.33 Å². The van der Waals surface area contributed by atoms with Gasteiger partial charge in [0.05, 0.1) is 0 Å². The number of carbonyl (C=O) groups is 2. The van der Waals surface area contributed by atoms with Crippen molar-refractivity contribution in [3.8, 4) is 0 Å². The lowest BCUT2D eigenvalue weighted by Crippen LogP contribution is -2.13. The average Bonchev–Trinajstić information content (AvgIpc) is 2.37. The lowest BCUT2D eigenvalue weighted by atomic mass is 9.98. The minimum Gasteiger partial charge on any atom is -0.479 e. The molecule has 6 heteroatoms. The number of ketones is 1. The predicted octanol–water partition coefficient (Wildman–Crippen LogP) is 2.67. The number of aliphatic carboxylic acids is 1. The summed E-state index contributed by atoms with van der Waals surface area (Å²) >= 11 is 6.40. The van der Waals surface area contributed by atoms with Gasteiger partial charge < -0.3 is 10.2 Å². The number of carboxylic acids is 1. The van der Waals surface area contributed by atoms with Crippen LogP contribution < -0.4 is 0 Å². The van der Waals surface area contributed by atoms with E-state index in [0.29, 0.717) is 28.2 Å². The molecule has 0 bridgehead atoms. The molecule has 1 unspecified atom stereocenters. The summed E-state index contributed by atoms with van der Waals surface area (Å²) in [7, 11) is 0. The number of aliphatic hydroxyl groups excluding tert-OH is 1. The van der Waals surface area contributed by atoms with Gasteiger partial charge in [0.2, 0.25) is 0 Å². The lowest BCUT2D eigenvalue weighted by Gasteiger charge is -2.12. The third-order valence-corrected chi connectivity index (χ3v) is 3.46. The number of hydrogen-bond donors (Lipinski definition) is 2. The smallest absolute Gasteiger partial charge is 0.337 e. The molecule has 0 aromatic heterocycles. The topological polar surface area (TPSA) is 74.6 Å². The number of carbonyl (C=O) groups excluding carboxylic acids is 1. The molecular weight excluding hydrogens is 368 g/mol. The van der Waals surface area contributed by atoms with Crippen molar-refractivity contribution in [2.45, 2.75) is 17.9 Å². The highest BCUT2D eigenvalue weighted by molar-refractivity contribution is 9.09. The van der Waals surface area contributed by atoms with E-state index in [9.17, 15) is 14.7 Å². The largest absolute Gasteiger partial charge is 0.479 e. The van der Waals surface area contributed by atoms with Crippen LogP contribution in [0.5, 0.6) is 0 Å². The summed E-state index contributed by atoms with van der Waals surface area (Å²) in [6.07, 6.45) is -1.29. The van der Waals surface area contributed by atoms with Crippen molar-refractivity contribution in [3.05, 3.63) is 34.9 Å². The SMILES string of the molecule is O=C(CCBr)c1ccc(CBr)c(C(O)C(=O)O)c1. The molecule has 0 aliphatic heterocycles. The Balaban J connectivity index is 3.17. The maximum atomic E-state index is 11.7. The normalized spacial score (nSPS) is 12.2. The summed E-state index contributed by atoms with van der Waals surface area (Å²) < 4.78 is 0. The summed E-state index contributed by atoms with van der Waals surface area (Å²) in [5.74, 6) is -1.42. The molecule has 0 radical (unpaired) electrons. The fourth-order valence-corrected chi connectivity index (χ4v) is 2.38. The number of alkyl halides is 2. The second kappa shape index (κ2) is 7.01. The molecule has 1 rings (SSSR count).